The lowest BCUT2D eigenvalue weighted by molar-refractivity contribution is -0.152. The second kappa shape index (κ2) is 8.71. The van der Waals surface area contributed by atoms with Crippen LogP contribution in [-0.2, 0) is 20.7 Å². The van der Waals surface area contributed by atoms with Gasteiger partial charge in [-0.3, -0.25) is 9.59 Å². The number of carbonyl (C=O) groups excluding carboxylic acids is 2. The molecule has 1 atom stereocenters. The molecule has 0 spiro atoms. The van der Waals surface area contributed by atoms with E-state index in [0.29, 0.717) is 32.5 Å². The van der Waals surface area contributed by atoms with E-state index in [2.05, 4.69) is 6.92 Å². The summed E-state index contributed by atoms with van der Waals surface area (Å²) in [5, 5.41) is 0. The van der Waals surface area contributed by atoms with Gasteiger partial charge in [0.2, 0.25) is 0 Å². The van der Waals surface area contributed by atoms with Crippen molar-refractivity contribution in [3.63, 3.8) is 0 Å². The zero-order valence-electron chi connectivity index (χ0n) is 14.8. The number of esters is 1. The normalized spacial score (nSPS) is 16.5. The predicted octanol–water partition coefficient (Wildman–Crippen LogP) is 2.82. The number of amides is 1. The van der Waals surface area contributed by atoms with E-state index >= 15 is 0 Å². The van der Waals surface area contributed by atoms with Crippen molar-refractivity contribution < 1.29 is 19.1 Å². The molecule has 5 nitrogen and oxygen atoms in total. The van der Waals surface area contributed by atoms with Crippen LogP contribution in [0.3, 0.4) is 0 Å². The number of para-hydroxylation sites is 1. The van der Waals surface area contributed by atoms with Gasteiger partial charge in [0.15, 0.2) is 6.10 Å². The molecule has 24 heavy (non-hydrogen) atoms. The number of piperidine rings is 1. The summed E-state index contributed by atoms with van der Waals surface area (Å²) in [6, 6.07) is 7.79. The standard InChI is InChI=1S/C19H27NO4/c1-4-15-8-6-7-9-17(15)24-14(3)18(21)20-12-10-16(11-13-20)19(22)23-5-2/h6-9,14,16H,4-5,10-13H2,1-3H3/t14-/m1/s1. The average Bonchev–Trinajstić information content (AvgIpc) is 2.61. The summed E-state index contributed by atoms with van der Waals surface area (Å²) in [4.78, 5) is 26.1. The number of likely N-dealkylation sites (tertiary alicyclic amines) is 1. The Kier molecular flexibility index (Phi) is 6.64. The maximum atomic E-state index is 12.6. The van der Waals surface area contributed by atoms with Crippen LogP contribution in [0.15, 0.2) is 24.3 Å². The van der Waals surface area contributed by atoms with Gasteiger partial charge < -0.3 is 14.4 Å². The Morgan fingerprint density at radius 1 is 1.21 bits per heavy atom. The van der Waals surface area contributed by atoms with Gasteiger partial charge in [-0.15, -0.1) is 0 Å². The second-order valence-electron chi connectivity index (χ2n) is 6.07. The van der Waals surface area contributed by atoms with Gasteiger partial charge in [-0.1, -0.05) is 25.1 Å². The topological polar surface area (TPSA) is 55.8 Å². The number of hydrogen-bond donors (Lipinski definition) is 0. The van der Waals surface area contributed by atoms with Crippen molar-refractivity contribution >= 4 is 11.9 Å². The Morgan fingerprint density at radius 2 is 1.88 bits per heavy atom. The average molecular weight is 333 g/mol. The Balaban J connectivity index is 1.89. The SMILES string of the molecule is CCOC(=O)C1CCN(C(=O)[C@@H](C)Oc2ccccc2CC)CC1. The van der Waals surface area contributed by atoms with Crippen LogP contribution in [0, 0.1) is 5.92 Å². The van der Waals surface area contributed by atoms with E-state index in [0.717, 1.165) is 17.7 Å². The molecular weight excluding hydrogens is 306 g/mol. The fourth-order valence-electron chi connectivity index (χ4n) is 3.00. The molecule has 0 aliphatic carbocycles. The van der Waals surface area contributed by atoms with E-state index in [-0.39, 0.29) is 17.8 Å². The molecule has 1 heterocycles. The van der Waals surface area contributed by atoms with Crippen LogP contribution in [-0.4, -0.2) is 42.6 Å². The fourth-order valence-corrected chi connectivity index (χ4v) is 3.00. The summed E-state index contributed by atoms with van der Waals surface area (Å²) in [5.74, 6) is 0.502. The largest absolute Gasteiger partial charge is 0.481 e. The number of rotatable bonds is 6. The molecule has 0 unspecified atom stereocenters. The van der Waals surface area contributed by atoms with E-state index in [1.165, 1.54) is 0 Å². The third-order valence-electron chi connectivity index (χ3n) is 4.43. The first-order chi connectivity index (χ1) is 11.6. The van der Waals surface area contributed by atoms with Crippen molar-refractivity contribution in [1.29, 1.82) is 0 Å². The molecule has 1 saturated heterocycles. The molecule has 0 aromatic heterocycles. The number of carbonyl (C=O) groups is 2. The minimum atomic E-state index is -0.531. The first-order valence-electron chi connectivity index (χ1n) is 8.76. The van der Waals surface area contributed by atoms with Crippen molar-refractivity contribution in [2.75, 3.05) is 19.7 Å². The van der Waals surface area contributed by atoms with Gasteiger partial charge in [0.05, 0.1) is 12.5 Å². The third-order valence-corrected chi connectivity index (χ3v) is 4.43. The summed E-state index contributed by atoms with van der Waals surface area (Å²) in [7, 11) is 0. The molecule has 1 aromatic rings. The van der Waals surface area contributed by atoms with E-state index in [9.17, 15) is 9.59 Å². The van der Waals surface area contributed by atoms with Crippen molar-refractivity contribution in [2.24, 2.45) is 5.92 Å². The number of nitrogens with zero attached hydrogens (tertiary/aromatic N) is 1. The highest BCUT2D eigenvalue weighted by molar-refractivity contribution is 5.81. The second-order valence-corrected chi connectivity index (χ2v) is 6.07. The first kappa shape index (κ1) is 18.3. The summed E-state index contributed by atoms with van der Waals surface area (Å²) in [5.41, 5.74) is 1.10. The molecule has 2 rings (SSSR count). The quantitative estimate of drug-likeness (QED) is 0.751. The molecule has 0 N–H and O–H groups in total. The lowest BCUT2D eigenvalue weighted by Gasteiger charge is -2.32. The van der Waals surface area contributed by atoms with Crippen molar-refractivity contribution in [3.8, 4) is 5.75 Å². The first-order valence-corrected chi connectivity index (χ1v) is 8.76. The van der Waals surface area contributed by atoms with Crippen LogP contribution >= 0.6 is 0 Å². The zero-order valence-corrected chi connectivity index (χ0v) is 14.8. The van der Waals surface area contributed by atoms with E-state index < -0.39 is 6.10 Å². The fraction of sp³-hybridized carbons (Fsp3) is 0.579. The molecule has 0 radical (unpaired) electrons. The van der Waals surface area contributed by atoms with Crippen LogP contribution in [0.2, 0.25) is 0 Å². The molecule has 1 aliphatic rings. The van der Waals surface area contributed by atoms with Crippen molar-refractivity contribution in [2.45, 2.75) is 46.1 Å². The Bertz CT molecular complexity index is 564. The summed E-state index contributed by atoms with van der Waals surface area (Å²) >= 11 is 0. The monoisotopic (exact) mass is 333 g/mol. The summed E-state index contributed by atoms with van der Waals surface area (Å²) in [6.45, 7) is 7.21. The van der Waals surface area contributed by atoms with Gasteiger partial charge in [0.1, 0.15) is 5.75 Å². The number of hydrogen-bond acceptors (Lipinski definition) is 4. The van der Waals surface area contributed by atoms with Crippen LogP contribution in [0.1, 0.15) is 39.2 Å². The minimum Gasteiger partial charge on any atom is -0.481 e. The number of benzene rings is 1. The number of ether oxygens (including phenoxy) is 2. The third kappa shape index (κ3) is 4.49. The lowest BCUT2D eigenvalue weighted by Crippen LogP contribution is -2.46. The van der Waals surface area contributed by atoms with Gasteiger partial charge in [-0.2, -0.15) is 0 Å². The lowest BCUT2D eigenvalue weighted by atomic mass is 9.96. The number of aryl methyl sites for hydroxylation is 1. The molecule has 5 heteroatoms. The Hall–Kier alpha value is -2.04. The van der Waals surface area contributed by atoms with Crippen molar-refractivity contribution in [1.82, 2.24) is 4.90 Å². The van der Waals surface area contributed by atoms with Gasteiger partial charge >= 0.3 is 5.97 Å². The van der Waals surface area contributed by atoms with E-state index in [1.54, 1.807) is 11.8 Å². The maximum absolute atomic E-state index is 12.6. The van der Waals surface area contributed by atoms with Crippen molar-refractivity contribution in [3.05, 3.63) is 29.8 Å². The van der Waals surface area contributed by atoms with E-state index in [4.69, 9.17) is 9.47 Å². The maximum Gasteiger partial charge on any atom is 0.309 e. The highest BCUT2D eigenvalue weighted by Gasteiger charge is 2.30. The van der Waals surface area contributed by atoms with Gasteiger partial charge in [-0.05, 0) is 44.7 Å². The predicted molar refractivity (Wildman–Crippen MR) is 91.8 cm³/mol. The smallest absolute Gasteiger partial charge is 0.309 e. The summed E-state index contributed by atoms with van der Waals surface area (Å²) in [6.07, 6.45) is 1.64. The zero-order chi connectivity index (χ0) is 17.5. The Morgan fingerprint density at radius 3 is 2.50 bits per heavy atom. The molecule has 0 saturated carbocycles. The molecule has 1 amide bonds. The minimum absolute atomic E-state index is 0.0248. The molecular formula is C19H27NO4. The van der Waals surface area contributed by atoms with Crippen LogP contribution in [0.5, 0.6) is 5.75 Å². The Labute approximate surface area is 143 Å². The molecule has 132 valence electrons. The van der Waals surface area contributed by atoms with E-state index in [1.807, 2.05) is 31.2 Å². The molecule has 1 aliphatic heterocycles. The van der Waals surface area contributed by atoms with Gasteiger partial charge in [-0.25, -0.2) is 0 Å². The van der Waals surface area contributed by atoms with Crippen LogP contribution in [0.4, 0.5) is 0 Å². The molecule has 0 bridgehead atoms. The van der Waals surface area contributed by atoms with Crippen LogP contribution < -0.4 is 4.74 Å². The molecule has 1 fully saturated rings. The molecule has 1 aromatic carbocycles. The highest BCUT2D eigenvalue weighted by atomic mass is 16.5. The van der Waals surface area contributed by atoms with Crippen LogP contribution in [0.25, 0.3) is 0 Å². The van der Waals surface area contributed by atoms with Gasteiger partial charge in [0.25, 0.3) is 5.91 Å². The van der Waals surface area contributed by atoms with Gasteiger partial charge in [0, 0.05) is 13.1 Å². The highest BCUT2D eigenvalue weighted by Crippen LogP contribution is 2.22. The summed E-state index contributed by atoms with van der Waals surface area (Å²) < 4.78 is 10.9.